The van der Waals surface area contributed by atoms with E-state index in [0.717, 1.165) is 60.7 Å². The number of piperazine rings is 1. The van der Waals surface area contributed by atoms with Crippen molar-refractivity contribution >= 4 is 16.7 Å². The van der Waals surface area contributed by atoms with E-state index in [9.17, 15) is 0 Å². The van der Waals surface area contributed by atoms with Gasteiger partial charge in [0.25, 0.3) is 0 Å². The van der Waals surface area contributed by atoms with Crippen LogP contribution in [0.4, 0.5) is 5.82 Å². The molecular weight excluding hydrogens is 298 g/mol. The molecule has 0 bridgehead atoms. The molecule has 0 atom stereocenters. The van der Waals surface area contributed by atoms with Gasteiger partial charge in [0.2, 0.25) is 0 Å². The average Bonchev–Trinajstić information content (AvgIpc) is 2.68. The number of hydrogen-bond donors (Lipinski definition) is 0. The lowest BCUT2D eigenvalue weighted by Crippen LogP contribution is -2.46. The van der Waals surface area contributed by atoms with Gasteiger partial charge in [-0.25, -0.2) is 4.98 Å². The largest absolute Gasteiger partial charge is 0.354 e. The fourth-order valence-electron chi connectivity index (χ4n) is 3.27. The number of pyridine rings is 1. The number of nitrogens with zero attached hydrogens (tertiary/aromatic N) is 5. The summed E-state index contributed by atoms with van der Waals surface area (Å²) >= 11 is 0. The van der Waals surface area contributed by atoms with Crippen LogP contribution in [-0.2, 0) is 0 Å². The Balaban J connectivity index is 1.78. The van der Waals surface area contributed by atoms with E-state index in [1.807, 2.05) is 24.3 Å². The minimum atomic E-state index is 0.893. The number of benzene rings is 1. The first-order valence-corrected chi connectivity index (χ1v) is 8.50. The number of para-hydroxylation sites is 1. The van der Waals surface area contributed by atoms with Crippen LogP contribution in [0.2, 0.25) is 0 Å². The van der Waals surface area contributed by atoms with Crippen molar-refractivity contribution < 1.29 is 0 Å². The molecule has 0 spiro atoms. The lowest BCUT2D eigenvalue weighted by molar-refractivity contribution is 0.270. The van der Waals surface area contributed by atoms with Crippen molar-refractivity contribution in [3.05, 3.63) is 48.7 Å². The fourth-order valence-corrected chi connectivity index (χ4v) is 3.27. The molecule has 0 saturated carbocycles. The molecule has 0 N–H and O–H groups in total. The molecule has 3 heterocycles. The summed E-state index contributed by atoms with van der Waals surface area (Å²) < 4.78 is 0. The molecular formula is C19H21N5. The predicted molar refractivity (Wildman–Crippen MR) is 97.1 cm³/mol. The van der Waals surface area contributed by atoms with Crippen LogP contribution in [0.25, 0.3) is 22.2 Å². The maximum Gasteiger partial charge on any atom is 0.130 e. The van der Waals surface area contributed by atoms with Gasteiger partial charge in [-0.2, -0.15) is 10.2 Å². The minimum absolute atomic E-state index is 0.893. The van der Waals surface area contributed by atoms with Crippen LogP contribution in [0.5, 0.6) is 0 Å². The average molecular weight is 319 g/mol. The van der Waals surface area contributed by atoms with E-state index in [2.05, 4.69) is 45.1 Å². The van der Waals surface area contributed by atoms with Gasteiger partial charge in [-0.15, -0.1) is 0 Å². The van der Waals surface area contributed by atoms with Crippen molar-refractivity contribution in [3.63, 3.8) is 0 Å². The third-order valence-electron chi connectivity index (χ3n) is 4.69. The molecule has 0 amide bonds. The van der Waals surface area contributed by atoms with Gasteiger partial charge in [0.1, 0.15) is 5.82 Å². The normalized spacial score (nSPS) is 15.8. The Morgan fingerprint density at radius 1 is 1.00 bits per heavy atom. The number of hydrogen-bond acceptors (Lipinski definition) is 5. The second-order valence-corrected chi connectivity index (χ2v) is 6.08. The molecule has 5 heteroatoms. The summed E-state index contributed by atoms with van der Waals surface area (Å²) in [6, 6.07) is 14.4. The molecule has 0 aliphatic carbocycles. The van der Waals surface area contributed by atoms with Crippen LogP contribution in [0.3, 0.4) is 0 Å². The predicted octanol–water partition coefficient (Wildman–Crippen LogP) is 2.83. The number of anilines is 1. The van der Waals surface area contributed by atoms with E-state index in [1.165, 1.54) is 0 Å². The highest BCUT2D eigenvalue weighted by molar-refractivity contribution is 5.95. The van der Waals surface area contributed by atoms with E-state index in [1.54, 1.807) is 6.20 Å². The fraction of sp³-hybridized carbons (Fsp3) is 0.316. The second kappa shape index (κ2) is 6.53. The first-order chi connectivity index (χ1) is 11.8. The Morgan fingerprint density at radius 3 is 2.58 bits per heavy atom. The van der Waals surface area contributed by atoms with Crippen molar-refractivity contribution in [2.75, 3.05) is 37.6 Å². The summed E-state index contributed by atoms with van der Waals surface area (Å²) in [5, 5.41) is 9.47. The maximum absolute atomic E-state index is 4.90. The molecule has 5 nitrogen and oxygen atoms in total. The highest BCUT2D eigenvalue weighted by atomic mass is 15.3. The molecule has 24 heavy (non-hydrogen) atoms. The van der Waals surface area contributed by atoms with Crippen molar-refractivity contribution in [1.82, 2.24) is 20.1 Å². The molecule has 0 unspecified atom stereocenters. The molecule has 1 fully saturated rings. The smallest absolute Gasteiger partial charge is 0.130 e. The summed E-state index contributed by atoms with van der Waals surface area (Å²) in [6.07, 6.45) is 1.71. The molecule has 0 radical (unpaired) electrons. The lowest BCUT2D eigenvalue weighted by atomic mass is 10.1. The standard InChI is InChI=1S/C19H21N5/c1-2-23-10-12-24(13-11-23)19-14-16(18-8-5-9-20-22-18)15-6-3-4-7-17(15)21-19/h3-9,14H,2,10-13H2,1H3. The van der Waals surface area contributed by atoms with Crippen molar-refractivity contribution in [2.24, 2.45) is 0 Å². The number of fused-ring (bicyclic) bond motifs is 1. The minimum Gasteiger partial charge on any atom is -0.354 e. The Labute approximate surface area is 142 Å². The van der Waals surface area contributed by atoms with E-state index < -0.39 is 0 Å². The Morgan fingerprint density at radius 2 is 1.83 bits per heavy atom. The molecule has 1 aliphatic rings. The Kier molecular flexibility index (Phi) is 4.09. The monoisotopic (exact) mass is 319 g/mol. The first kappa shape index (κ1) is 15.0. The summed E-state index contributed by atoms with van der Waals surface area (Å²) in [5.74, 6) is 1.03. The highest BCUT2D eigenvalue weighted by Crippen LogP contribution is 2.30. The zero-order valence-electron chi connectivity index (χ0n) is 13.9. The molecule has 3 aromatic rings. The highest BCUT2D eigenvalue weighted by Gasteiger charge is 2.18. The van der Waals surface area contributed by atoms with Crippen LogP contribution in [0.1, 0.15) is 6.92 Å². The number of aromatic nitrogens is 3. The van der Waals surface area contributed by atoms with E-state index >= 15 is 0 Å². The van der Waals surface area contributed by atoms with E-state index in [0.29, 0.717) is 0 Å². The second-order valence-electron chi connectivity index (χ2n) is 6.08. The molecule has 122 valence electrons. The van der Waals surface area contributed by atoms with Gasteiger partial charge < -0.3 is 9.80 Å². The van der Waals surface area contributed by atoms with Gasteiger partial charge >= 0.3 is 0 Å². The zero-order valence-corrected chi connectivity index (χ0v) is 13.9. The molecule has 1 aliphatic heterocycles. The summed E-state index contributed by atoms with van der Waals surface area (Å²) in [7, 11) is 0. The molecule has 1 aromatic carbocycles. The van der Waals surface area contributed by atoms with E-state index in [4.69, 9.17) is 4.98 Å². The van der Waals surface area contributed by atoms with Crippen molar-refractivity contribution in [2.45, 2.75) is 6.92 Å². The lowest BCUT2D eigenvalue weighted by Gasteiger charge is -2.35. The van der Waals surface area contributed by atoms with Gasteiger partial charge in [0.05, 0.1) is 11.2 Å². The third-order valence-corrected chi connectivity index (χ3v) is 4.69. The third kappa shape index (κ3) is 2.83. The summed E-state index contributed by atoms with van der Waals surface area (Å²) in [4.78, 5) is 9.74. The number of likely N-dealkylation sites (N-methyl/N-ethyl adjacent to an activating group) is 1. The van der Waals surface area contributed by atoms with Gasteiger partial charge in [-0.3, -0.25) is 0 Å². The van der Waals surface area contributed by atoms with Gasteiger partial charge in [0.15, 0.2) is 0 Å². The topological polar surface area (TPSA) is 45.2 Å². The number of rotatable bonds is 3. The summed E-state index contributed by atoms with van der Waals surface area (Å²) in [6.45, 7) is 7.54. The maximum atomic E-state index is 4.90. The quantitative estimate of drug-likeness (QED) is 0.743. The van der Waals surface area contributed by atoms with Crippen LogP contribution in [0.15, 0.2) is 48.7 Å². The zero-order chi connectivity index (χ0) is 16.4. The van der Waals surface area contributed by atoms with Crippen LogP contribution < -0.4 is 4.90 Å². The van der Waals surface area contributed by atoms with Gasteiger partial charge in [-0.05, 0) is 30.8 Å². The van der Waals surface area contributed by atoms with E-state index in [-0.39, 0.29) is 0 Å². The Bertz CT molecular complexity index is 826. The van der Waals surface area contributed by atoms with Crippen molar-refractivity contribution in [3.8, 4) is 11.3 Å². The van der Waals surface area contributed by atoms with Crippen LogP contribution in [-0.4, -0.2) is 52.8 Å². The molecule has 4 rings (SSSR count). The van der Waals surface area contributed by atoms with Crippen LogP contribution >= 0.6 is 0 Å². The first-order valence-electron chi connectivity index (χ1n) is 8.50. The summed E-state index contributed by atoms with van der Waals surface area (Å²) in [5.41, 5.74) is 3.00. The molecule has 2 aromatic heterocycles. The Hall–Kier alpha value is -2.53. The van der Waals surface area contributed by atoms with Gasteiger partial charge in [0, 0.05) is 43.3 Å². The SMILES string of the molecule is CCN1CCN(c2cc(-c3cccnn3)c3ccccc3n2)CC1. The van der Waals surface area contributed by atoms with Crippen LogP contribution in [0, 0.1) is 0 Å². The van der Waals surface area contributed by atoms with Crippen molar-refractivity contribution in [1.29, 1.82) is 0 Å². The van der Waals surface area contributed by atoms with Gasteiger partial charge in [-0.1, -0.05) is 25.1 Å². The molecule has 1 saturated heterocycles.